The van der Waals surface area contributed by atoms with Crippen LogP contribution in [0.4, 0.5) is 5.82 Å². The third-order valence-corrected chi connectivity index (χ3v) is 7.19. The second-order valence-electron chi connectivity index (χ2n) is 6.94. The maximum absolute atomic E-state index is 12.6. The number of carbonyl (C=O) groups is 1. The molecule has 3 N–H and O–H groups in total. The number of thioether (sulfide) groups is 1. The molecule has 0 spiro atoms. The van der Waals surface area contributed by atoms with Crippen LogP contribution in [-0.2, 0) is 26.9 Å². The standard InChI is InChI=1S/C18H19N5O4S2/c1-22-13(19)12(16(26)23(2)18(22)27)9(24)7-28-17-20-14(25)11-8-5-3-4-6-10(8)29-15(11)21-17/h3-7,19H2,1-2H3,(H,20,21,25). The van der Waals surface area contributed by atoms with E-state index in [1.165, 1.54) is 30.3 Å². The molecule has 3 aromatic heterocycles. The van der Waals surface area contributed by atoms with Crippen LogP contribution in [0.3, 0.4) is 0 Å². The van der Waals surface area contributed by atoms with Gasteiger partial charge in [-0.1, -0.05) is 11.8 Å². The molecule has 1 aliphatic carbocycles. The van der Waals surface area contributed by atoms with Gasteiger partial charge in [0.1, 0.15) is 16.2 Å². The van der Waals surface area contributed by atoms with E-state index >= 15 is 0 Å². The third-order valence-electron chi connectivity index (χ3n) is 5.13. The average Bonchev–Trinajstić information content (AvgIpc) is 3.08. The molecule has 0 fully saturated rings. The number of ketones is 1. The first-order valence-corrected chi connectivity index (χ1v) is 10.9. The number of hydrogen-bond donors (Lipinski definition) is 2. The van der Waals surface area contributed by atoms with Crippen LogP contribution in [-0.4, -0.2) is 30.6 Å². The molecule has 11 heteroatoms. The molecular formula is C18H19N5O4S2. The molecule has 1 aliphatic rings. The quantitative estimate of drug-likeness (QED) is 0.353. The van der Waals surface area contributed by atoms with Gasteiger partial charge in [-0.05, 0) is 31.2 Å². The van der Waals surface area contributed by atoms with Crippen molar-refractivity contribution in [2.24, 2.45) is 14.1 Å². The Morgan fingerprint density at radius 3 is 2.69 bits per heavy atom. The highest BCUT2D eigenvalue weighted by molar-refractivity contribution is 7.99. The van der Waals surface area contributed by atoms with Gasteiger partial charge in [-0.15, -0.1) is 11.3 Å². The summed E-state index contributed by atoms with van der Waals surface area (Å²) in [6.07, 6.45) is 4.04. The van der Waals surface area contributed by atoms with Crippen molar-refractivity contribution in [3.05, 3.63) is 47.2 Å². The van der Waals surface area contributed by atoms with E-state index in [0.717, 1.165) is 52.1 Å². The monoisotopic (exact) mass is 433 g/mol. The van der Waals surface area contributed by atoms with Crippen LogP contribution in [0.25, 0.3) is 10.2 Å². The second-order valence-corrected chi connectivity index (χ2v) is 8.99. The summed E-state index contributed by atoms with van der Waals surface area (Å²) in [5, 5.41) is 0.964. The average molecular weight is 434 g/mol. The summed E-state index contributed by atoms with van der Waals surface area (Å²) in [7, 11) is 2.69. The molecule has 29 heavy (non-hydrogen) atoms. The van der Waals surface area contributed by atoms with Crippen LogP contribution >= 0.6 is 23.1 Å². The zero-order chi connectivity index (χ0) is 20.9. The summed E-state index contributed by atoms with van der Waals surface area (Å²) in [5.74, 6) is -0.847. The van der Waals surface area contributed by atoms with Gasteiger partial charge in [-0.2, -0.15) is 0 Å². The van der Waals surface area contributed by atoms with Gasteiger partial charge >= 0.3 is 5.69 Å². The van der Waals surface area contributed by atoms with Crippen LogP contribution in [0.1, 0.15) is 33.6 Å². The van der Waals surface area contributed by atoms with Gasteiger partial charge < -0.3 is 10.7 Å². The van der Waals surface area contributed by atoms with Gasteiger partial charge in [0.2, 0.25) is 0 Å². The lowest BCUT2D eigenvalue weighted by atomic mass is 9.97. The van der Waals surface area contributed by atoms with Crippen LogP contribution in [0.2, 0.25) is 0 Å². The first-order chi connectivity index (χ1) is 13.8. The largest absolute Gasteiger partial charge is 0.384 e. The van der Waals surface area contributed by atoms with E-state index in [2.05, 4.69) is 9.97 Å². The summed E-state index contributed by atoms with van der Waals surface area (Å²) in [6, 6.07) is 0. The van der Waals surface area contributed by atoms with Gasteiger partial charge in [-0.25, -0.2) is 9.78 Å². The van der Waals surface area contributed by atoms with Crippen LogP contribution in [0.15, 0.2) is 19.5 Å². The lowest BCUT2D eigenvalue weighted by molar-refractivity contribution is 0.102. The molecule has 0 radical (unpaired) electrons. The number of aryl methyl sites for hydroxylation is 2. The van der Waals surface area contributed by atoms with E-state index < -0.39 is 17.0 Å². The fourth-order valence-electron chi connectivity index (χ4n) is 3.54. The molecular weight excluding hydrogens is 414 g/mol. The molecule has 0 amide bonds. The summed E-state index contributed by atoms with van der Waals surface area (Å²) >= 11 is 2.56. The van der Waals surface area contributed by atoms with Crippen molar-refractivity contribution in [2.75, 3.05) is 11.5 Å². The number of nitrogen functional groups attached to an aromatic ring is 1. The third kappa shape index (κ3) is 3.23. The van der Waals surface area contributed by atoms with Crippen LogP contribution < -0.4 is 22.5 Å². The lowest BCUT2D eigenvalue weighted by Crippen LogP contribution is -2.41. The minimum atomic E-state index is -0.737. The Kier molecular flexibility index (Phi) is 4.95. The predicted octanol–water partition coefficient (Wildman–Crippen LogP) is 0.818. The summed E-state index contributed by atoms with van der Waals surface area (Å²) in [4.78, 5) is 58.6. The van der Waals surface area contributed by atoms with Gasteiger partial charge in [0.25, 0.3) is 11.1 Å². The van der Waals surface area contributed by atoms with E-state index in [0.29, 0.717) is 15.4 Å². The molecule has 0 unspecified atom stereocenters. The number of aromatic nitrogens is 4. The number of nitrogens with two attached hydrogens (primary N) is 1. The minimum absolute atomic E-state index is 0.142. The van der Waals surface area contributed by atoms with Gasteiger partial charge in [0.05, 0.1) is 11.1 Å². The summed E-state index contributed by atoms with van der Waals surface area (Å²) in [6.45, 7) is 0. The molecule has 0 aromatic carbocycles. The van der Waals surface area contributed by atoms with Crippen molar-refractivity contribution >= 4 is 44.9 Å². The van der Waals surface area contributed by atoms with Crippen LogP contribution in [0, 0.1) is 0 Å². The normalized spacial score (nSPS) is 13.6. The second kappa shape index (κ2) is 7.30. The van der Waals surface area contributed by atoms with Gasteiger partial charge in [-0.3, -0.25) is 23.5 Å². The first-order valence-electron chi connectivity index (χ1n) is 9.05. The molecule has 0 saturated carbocycles. The number of carbonyl (C=O) groups excluding carboxylic acids is 1. The Hall–Kier alpha value is -2.66. The van der Waals surface area contributed by atoms with Crippen molar-refractivity contribution in [2.45, 2.75) is 30.8 Å². The zero-order valence-corrected chi connectivity index (χ0v) is 17.5. The van der Waals surface area contributed by atoms with Gasteiger partial charge in [0, 0.05) is 19.0 Å². The maximum Gasteiger partial charge on any atom is 0.332 e. The minimum Gasteiger partial charge on any atom is -0.384 e. The van der Waals surface area contributed by atoms with Crippen molar-refractivity contribution < 1.29 is 4.79 Å². The number of thiophene rings is 1. The molecule has 0 saturated heterocycles. The summed E-state index contributed by atoms with van der Waals surface area (Å²) in [5.41, 5.74) is 5.14. The number of H-pyrrole nitrogens is 1. The van der Waals surface area contributed by atoms with Crippen molar-refractivity contribution in [3.8, 4) is 0 Å². The van der Waals surface area contributed by atoms with Crippen LogP contribution in [0.5, 0.6) is 0 Å². The molecule has 3 aromatic rings. The molecule has 4 rings (SSSR count). The number of rotatable bonds is 4. The Bertz CT molecular complexity index is 1330. The predicted molar refractivity (Wildman–Crippen MR) is 113 cm³/mol. The van der Waals surface area contributed by atoms with E-state index in [9.17, 15) is 19.2 Å². The van der Waals surface area contributed by atoms with E-state index in [1.54, 1.807) is 0 Å². The first kappa shape index (κ1) is 19.6. The van der Waals surface area contributed by atoms with Crippen molar-refractivity contribution in [3.63, 3.8) is 0 Å². The summed E-state index contributed by atoms with van der Waals surface area (Å²) < 4.78 is 1.90. The Morgan fingerprint density at radius 1 is 1.21 bits per heavy atom. The fraction of sp³-hybridized carbons (Fsp3) is 0.389. The molecule has 0 bridgehead atoms. The SMILES string of the molecule is Cn1c(N)c(C(=O)CSc2nc3sc4c(c3c(=O)[nH]2)CCCC4)c(=O)n(C)c1=O. The Labute approximate surface area is 172 Å². The highest BCUT2D eigenvalue weighted by Crippen LogP contribution is 2.34. The number of fused-ring (bicyclic) bond motifs is 3. The maximum atomic E-state index is 12.6. The van der Waals surface area contributed by atoms with Crippen molar-refractivity contribution in [1.29, 1.82) is 0 Å². The number of nitrogens with zero attached hydrogens (tertiary/aromatic N) is 3. The topological polar surface area (TPSA) is 133 Å². The molecule has 9 nitrogen and oxygen atoms in total. The molecule has 0 atom stereocenters. The highest BCUT2D eigenvalue weighted by Gasteiger charge is 2.22. The fourth-order valence-corrected chi connectivity index (χ4v) is 5.59. The Balaban J connectivity index is 1.64. The number of nitrogens with one attached hydrogen (secondary N) is 1. The smallest absolute Gasteiger partial charge is 0.332 e. The Morgan fingerprint density at radius 2 is 1.93 bits per heavy atom. The molecule has 152 valence electrons. The molecule has 3 heterocycles. The highest BCUT2D eigenvalue weighted by atomic mass is 32.2. The zero-order valence-electron chi connectivity index (χ0n) is 15.9. The van der Waals surface area contributed by atoms with E-state index in [4.69, 9.17) is 5.73 Å². The number of Topliss-reactive ketones (excluding diaryl/α,β-unsaturated/α-hetero) is 1. The molecule has 0 aliphatic heterocycles. The number of hydrogen-bond acceptors (Lipinski definition) is 8. The van der Waals surface area contributed by atoms with E-state index in [-0.39, 0.29) is 22.7 Å². The number of anilines is 1. The van der Waals surface area contributed by atoms with Crippen molar-refractivity contribution in [1.82, 2.24) is 19.1 Å². The van der Waals surface area contributed by atoms with Gasteiger partial charge in [0.15, 0.2) is 10.9 Å². The number of aromatic amines is 1. The lowest BCUT2D eigenvalue weighted by Gasteiger charge is -2.10. The van der Waals surface area contributed by atoms with E-state index in [1.807, 2.05) is 0 Å².